The molecule has 2 rings (SSSR count). The number of benzene rings is 2. The highest BCUT2D eigenvalue weighted by Gasteiger charge is 2.12. The van der Waals surface area contributed by atoms with Gasteiger partial charge in [-0.05, 0) is 49.0 Å². The zero-order valence-electron chi connectivity index (χ0n) is 13.5. The Morgan fingerprint density at radius 1 is 1.12 bits per heavy atom. The van der Waals surface area contributed by atoms with E-state index in [0.29, 0.717) is 22.1 Å². The summed E-state index contributed by atoms with van der Waals surface area (Å²) in [7, 11) is 3.04. The van der Waals surface area contributed by atoms with Gasteiger partial charge in [0.25, 0.3) is 5.91 Å². The van der Waals surface area contributed by atoms with E-state index in [2.05, 4.69) is 10.6 Å². The van der Waals surface area contributed by atoms with E-state index < -0.39 is 0 Å². The van der Waals surface area contributed by atoms with Crippen LogP contribution >= 0.6 is 23.8 Å². The average molecular weight is 365 g/mol. The Balaban J connectivity index is 2.11. The quantitative estimate of drug-likeness (QED) is 0.808. The molecule has 0 atom stereocenters. The number of ether oxygens (including phenoxy) is 2. The Morgan fingerprint density at radius 3 is 2.33 bits per heavy atom. The van der Waals surface area contributed by atoms with Crippen LogP contribution in [0.15, 0.2) is 36.4 Å². The van der Waals surface area contributed by atoms with Gasteiger partial charge in [-0.15, -0.1) is 0 Å². The van der Waals surface area contributed by atoms with Crippen molar-refractivity contribution in [2.45, 2.75) is 6.92 Å². The van der Waals surface area contributed by atoms with Gasteiger partial charge >= 0.3 is 0 Å². The molecule has 0 spiro atoms. The number of nitrogens with one attached hydrogen (secondary N) is 2. The number of hydrogen-bond donors (Lipinski definition) is 2. The highest BCUT2D eigenvalue weighted by atomic mass is 35.5. The van der Waals surface area contributed by atoms with E-state index in [0.717, 1.165) is 11.3 Å². The number of carbonyl (C=O) groups is 1. The number of halogens is 1. The molecule has 5 nitrogen and oxygen atoms in total. The zero-order chi connectivity index (χ0) is 17.7. The lowest BCUT2D eigenvalue weighted by atomic mass is 10.2. The molecule has 0 fully saturated rings. The standard InChI is InChI=1S/C17H17ClN2O3S/c1-10-14(18)5-4-6-15(10)19-17(24)20-16(21)11-7-12(22-2)9-13(8-11)23-3/h4-9H,1-3H3,(H2,19,20,21,24). The first kappa shape index (κ1) is 18.0. The van der Waals surface area contributed by atoms with Crippen molar-refractivity contribution in [1.29, 1.82) is 0 Å². The number of hydrogen-bond acceptors (Lipinski definition) is 4. The van der Waals surface area contributed by atoms with Crippen LogP contribution in [0.2, 0.25) is 5.02 Å². The van der Waals surface area contributed by atoms with Crippen LogP contribution in [0.1, 0.15) is 15.9 Å². The van der Waals surface area contributed by atoms with Crippen LogP contribution in [-0.4, -0.2) is 25.2 Å². The van der Waals surface area contributed by atoms with Crippen molar-refractivity contribution >= 4 is 40.5 Å². The summed E-state index contributed by atoms with van der Waals surface area (Å²) in [5.74, 6) is 0.664. The van der Waals surface area contributed by atoms with Crippen LogP contribution in [0.5, 0.6) is 11.5 Å². The maximum absolute atomic E-state index is 12.4. The van der Waals surface area contributed by atoms with Gasteiger partial charge in [-0.25, -0.2) is 0 Å². The third kappa shape index (κ3) is 4.37. The summed E-state index contributed by atoms with van der Waals surface area (Å²) in [6.45, 7) is 1.86. The number of amides is 1. The molecule has 0 aromatic heterocycles. The Kier molecular flexibility index (Phi) is 6.00. The predicted octanol–water partition coefficient (Wildman–Crippen LogP) is 3.79. The maximum atomic E-state index is 12.4. The van der Waals surface area contributed by atoms with Crippen LogP contribution in [-0.2, 0) is 0 Å². The van der Waals surface area contributed by atoms with Crippen LogP contribution in [0, 0.1) is 6.92 Å². The largest absolute Gasteiger partial charge is 0.497 e. The van der Waals surface area contributed by atoms with Gasteiger partial charge in [-0.2, -0.15) is 0 Å². The van der Waals surface area contributed by atoms with Crippen molar-refractivity contribution in [3.8, 4) is 11.5 Å². The van der Waals surface area contributed by atoms with Crippen molar-refractivity contribution in [2.75, 3.05) is 19.5 Å². The van der Waals surface area contributed by atoms with E-state index in [-0.39, 0.29) is 11.0 Å². The fourth-order valence-electron chi connectivity index (χ4n) is 2.01. The lowest BCUT2D eigenvalue weighted by Gasteiger charge is -2.13. The van der Waals surface area contributed by atoms with Crippen LogP contribution in [0.25, 0.3) is 0 Å². The first-order valence-electron chi connectivity index (χ1n) is 7.05. The summed E-state index contributed by atoms with van der Waals surface area (Å²) >= 11 is 11.3. The van der Waals surface area contributed by atoms with E-state index >= 15 is 0 Å². The van der Waals surface area contributed by atoms with Gasteiger partial charge in [-0.3, -0.25) is 10.1 Å². The van der Waals surface area contributed by atoms with Crippen molar-refractivity contribution in [2.24, 2.45) is 0 Å². The van der Waals surface area contributed by atoms with Gasteiger partial charge in [0.1, 0.15) is 11.5 Å². The molecule has 126 valence electrons. The number of anilines is 1. The SMILES string of the molecule is COc1cc(OC)cc(C(=O)NC(=S)Nc2cccc(Cl)c2C)c1. The average Bonchev–Trinajstić information content (AvgIpc) is 2.58. The lowest BCUT2D eigenvalue weighted by molar-refractivity contribution is 0.0977. The van der Waals surface area contributed by atoms with Gasteiger partial charge in [-0.1, -0.05) is 17.7 Å². The van der Waals surface area contributed by atoms with E-state index in [1.165, 1.54) is 14.2 Å². The molecule has 2 N–H and O–H groups in total. The number of thiocarbonyl (C=S) groups is 1. The Hall–Kier alpha value is -2.31. The normalized spacial score (nSPS) is 10.0. The van der Waals surface area contributed by atoms with E-state index in [9.17, 15) is 4.79 Å². The summed E-state index contributed by atoms with van der Waals surface area (Å²) in [4.78, 5) is 12.4. The maximum Gasteiger partial charge on any atom is 0.257 e. The van der Waals surface area contributed by atoms with Gasteiger partial charge < -0.3 is 14.8 Å². The monoisotopic (exact) mass is 364 g/mol. The fourth-order valence-corrected chi connectivity index (χ4v) is 2.39. The summed E-state index contributed by atoms with van der Waals surface area (Å²) < 4.78 is 10.3. The number of carbonyl (C=O) groups excluding carboxylic acids is 1. The van der Waals surface area contributed by atoms with Gasteiger partial charge in [0, 0.05) is 22.3 Å². The molecule has 0 aliphatic carbocycles. The molecule has 0 radical (unpaired) electrons. The molecule has 24 heavy (non-hydrogen) atoms. The van der Waals surface area contributed by atoms with E-state index in [4.69, 9.17) is 33.3 Å². The first-order chi connectivity index (χ1) is 11.4. The predicted molar refractivity (Wildman–Crippen MR) is 99.4 cm³/mol. The van der Waals surface area contributed by atoms with Crippen molar-refractivity contribution < 1.29 is 14.3 Å². The molecule has 1 amide bonds. The topological polar surface area (TPSA) is 59.6 Å². The Morgan fingerprint density at radius 2 is 1.75 bits per heavy atom. The van der Waals surface area contributed by atoms with E-state index in [1.54, 1.807) is 30.3 Å². The van der Waals surface area contributed by atoms with Gasteiger partial charge in [0.05, 0.1) is 14.2 Å². The number of rotatable bonds is 4. The Labute approximate surface area is 150 Å². The fraction of sp³-hybridized carbons (Fsp3) is 0.176. The minimum absolute atomic E-state index is 0.173. The second-order valence-electron chi connectivity index (χ2n) is 4.92. The highest BCUT2D eigenvalue weighted by Crippen LogP contribution is 2.24. The van der Waals surface area contributed by atoms with Crippen LogP contribution in [0.4, 0.5) is 5.69 Å². The summed E-state index contributed by atoms with van der Waals surface area (Å²) in [5, 5.41) is 6.37. The molecule has 0 heterocycles. The van der Waals surface area contributed by atoms with Crippen molar-refractivity contribution in [3.05, 3.63) is 52.5 Å². The third-order valence-electron chi connectivity index (χ3n) is 3.36. The van der Waals surface area contributed by atoms with Crippen LogP contribution in [0.3, 0.4) is 0 Å². The summed E-state index contributed by atoms with van der Waals surface area (Å²) in [5.41, 5.74) is 1.95. The minimum atomic E-state index is -0.371. The first-order valence-corrected chi connectivity index (χ1v) is 7.83. The highest BCUT2D eigenvalue weighted by molar-refractivity contribution is 7.80. The summed E-state index contributed by atoms with van der Waals surface area (Å²) in [6.07, 6.45) is 0. The second-order valence-corrected chi connectivity index (χ2v) is 5.74. The zero-order valence-corrected chi connectivity index (χ0v) is 15.0. The molecule has 2 aromatic rings. The van der Waals surface area contributed by atoms with Crippen LogP contribution < -0.4 is 20.1 Å². The van der Waals surface area contributed by atoms with Crippen molar-refractivity contribution in [1.82, 2.24) is 5.32 Å². The molecule has 0 unspecified atom stereocenters. The smallest absolute Gasteiger partial charge is 0.257 e. The minimum Gasteiger partial charge on any atom is -0.497 e. The lowest BCUT2D eigenvalue weighted by Crippen LogP contribution is -2.34. The van der Waals surface area contributed by atoms with Crippen molar-refractivity contribution in [3.63, 3.8) is 0 Å². The third-order valence-corrected chi connectivity index (χ3v) is 3.97. The van der Waals surface area contributed by atoms with E-state index in [1.807, 2.05) is 13.0 Å². The molecule has 7 heteroatoms. The molecule has 0 saturated heterocycles. The molecular weight excluding hydrogens is 348 g/mol. The molecule has 0 aliphatic rings. The Bertz CT molecular complexity index is 758. The summed E-state index contributed by atoms with van der Waals surface area (Å²) in [6, 6.07) is 10.3. The molecule has 0 bridgehead atoms. The molecular formula is C17H17ClN2O3S. The van der Waals surface area contributed by atoms with Gasteiger partial charge in [0.2, 0.25) is 0 Å². The molecule has 2 aromatic carbocycles. The molecule has 0 aliphatic heterocycles. The molecule has 0 saturated carbocycles. The number of methoxy groups -OCH3 is 2. The second kappa shape index (κ2) is 7.99. The van der Waals surface area contributed by atoms with Gasteiger partial charge in [0.15, 0.2) is 5.11 Å².